The minimum atomic E-state index is -2.97. The predicted octanol–water partition coefficient (Wildman–Crippen LogP) is 4.86. The number of aromatic nitrogens is 1. The molecule has 3 nitrogen and oxygen atoms in total. The Morgan fingerprint density at radius 1 is 1.19 bits per heavy atom. The molecule has 0 bridgehead atoms. The lowest BCUT2D eigenvalue weighted by Crippen LogP contribution is -2.05. The highest BCUT2D eigenvalue weighted by Gasteiger charge is 2.16. The number of rotatable bonds is 3. The van der Waals surface area contributed by atoms with Crippen molar-refractivity contribution in [2.24, 2.45) is 0 Å². The molecule has 5 heteroatoms. The van der Waals surface area contributed by atoms with Gasteiger partial charge in [0.25, 0.3) is 0 Å². The van der Waals surface area contributed by atoms with E-state index in [0.29, 0.717) is 5.39 Å². The molecule has 2 rings (SSSR count). The van der Waals surface area contributed by atoms with E-state index < -0.39 is 6.61 Å². The molecule has 0 aliphatic carbocycles. The first-order valence-corrected chi connectivity index (χ1v) is 6.81. The summed E-state index contributed by atoms with van der Waals surface area (Å²) in [6.07, 6.45) is 1.41. The Labute approximate surface area is 123 Å². The molecule has 0 aliphatic rings. The Kier molecular flexibility index (Phi) is 6.04. The summed E-state index contributed by atoms with van der Waals surface area (Å²) in [4.78, 5) is 3.80. The van der Waals surface area contributed by atoms with Crippen LogP contribution in [0.1, 0.15) is 44.7 Å². The number of hydrogen-bond acceptors (Lipinski definition) is 3. The number of hydrogen-bond donors (Lipinski definition) is 0. The molecular formula is C16H18F2N2O. The molecule has 2 aromatic rings. The fourth-order valence-electron chi connectivity index (χ4n) is 2.06. The van der Waals surface area contributed by atoms with E-state index in [1.165, 1.54) is 6.20 Å². The number of pyridine rings is 1. The highest BCUT2D eigenvalue weighted by molar-refractivity contribution is 5.94. The van der Waals surface area contributed by atoms with Gasteiger partial charge in [0, 0.05) is 6.20 Å². The minimum absolute atomic E-state index is 0.202. The Hall–Kier alpha value is -2.22. The van der Waals surface area contributed by atoms with E-state index in [-0.39, 0.29) is 17.4 Å². The van der Waals surface area contributed by atoms with Crippen molar-refractivity contribution in [2.45, 2.75) is 40.2 Å². The van der Waals surface area contributed by atoms with Gasteiger partial charge in [0.2, 0.25) is 5.88 Å². The van der Waals surface area contributed by atoms with Crippen LogP contribution in [0.2, 0.25) is 0 Å². The van der Waals surface area contributed by atoms with Gasteiger partial charge in [-0.15, -0.1) is 0 Å². The molecule has 21 heavy (non-hydrogen) atoms. The fourth-order valence-corrected chi connectivity index (χ4v) is 2.06. The molecule has 1 aromatic heterocycles. The Morgan fingerprint density at radius 2 is 1.86 bits per heavy atom. The maximum absolute atomic E-state index is 12.4. The zero-order valence-electron chi connectivity index (χ0n) is 12.5. The molecule has 0 fully saturated rings. The number of benzene rings is 1. The molecule has 112 valence electrons. The Bertz CT molecular complexity index is 649. The van der Waals surface area contributed by atoms with Gasteiger partial charge < -0.3 is 4.74 Å². The summed E-state index contributed by atoms with van der Waals surface area (Å²) in [5.74, 6) is 0.00333. The second kappa shape index (κ2) is 7.53. The van der Waals surface area contributed by atoms with Crippen LogP contribution >= 0.6 is 0 Å². The van der Waals surface area contributed by atoms with E-state index in [1.54, 1.807) is 12.1 Å². The number of nitriles is 1. The Morgan fingerprint density at radius 3 is 2.38 bits per heavy atom. The van der Waals surface area contributed by atoms with Crippen LogP contribution in [-0.4, -0.2) is 11.6 Å². The number of ether oxygens (including phenoxy) is 1. The molecule has 0 amide bonds. The molecular weight excluding hydrogens is 274 g/mol. The highest BCUT2D eigenvalue weighted by atomic mass is 19.3. The van der Waals surface area contributed by atoms with E-state index in [4.69, 9.17) is 5.26 Å². The molecule has 0 spiro atoms. The number of fused-ring (bicyclic) bond motifs is 1. The third-order valence-corrected chi connectivity index (χ3v) is 2.87. The zero-order chi connectivity index (χ0) is 16.0. The van der Waals surface area contributed by atoms with Crippen molar-refractivity contribution in [3.8, 4) is 11.9 Å². The quantitative estimate of drug-likeness (QED) is 0.811. The smallest absolute Gasteiger partial charge is 0.388 e. The number of nitrogens with zero attached hydrogens (tertiary/aromatic N) is 2. The molecule has 1 aromatic carbocycles. The van der Waals surface area contributed by atoms with Crippen LogP contribution in [0.5, 0.6) is 5.88 Å². The second-order valence-electron chi connectivity index (χ2n) is 4.39. The molecule has 1 heterocycles. The molecule has 0 unspecified atom stereocenters. The van der Waals surface area contributed by atoms with Gasteiger partial charge in [-0.25, -0.2) is 4.98 Å². The van der Waals surface area contributed by atoms with Crippen LogP contribution in [0.4, 0.5) is 8.78 Å². The van der Waals surface area contributed by atoms with Gasteiger partial charge in [-0.1, -0.05) is 33.8 Å². The van der Waals surface area contributed by atoms with Crippen molar-refractivity contribution in [2.75, 3.05) is 0 Å². The lowest BCUT2D eigenvalue weighted by molar-refractivity contribution is -0.0517. The molecule has 0 aliphatic heterocycles. The summed E-state index contributed by atoms with van der Waals surface area (Å²) in [5.41, 5.74) is 1.25. The maximum Gasteiger partial charge on any atom is 0.388 e. The monoisotopic (exact) mass is 292 g/mol. The standard InChI is InChI=1S/C14H12F2N2O.C2H6/c1-8(2)10-4-3-9(7-17)12-11(10)5-6-18-13(12)19-14(15)16;1-2/h3-6,8,14H,1-2H3;1-2H3. The fraction of sp³-hybridized carbons (Fsp3) is 0.375. The largest absolute Gasteiger partial charge is 0.416 e. The van der Waals surface area contributed by atoms with Gasteiger partial charge in [0.1, 0.15) is 0 Å². The van der Waals surface area contributed by atoms with Gasteiger partial charge >= 0.3 is 6.61 Å². The summed E-state index contributed by atoms with van der Waals surface area (Å²) in [6, 6.07) is 7.14. The van der Waals surface area contributed by atoms with E-state index in [1.807, 2.05) is 39.8 Å². The van der Waals surface area contributed by atoms with Crippen molar-refractivity contribution in [1.29, 1.82) is 5.26 Å². The highest BCUT2D eigenvalue weighted by Crippen LogP contribution is 2.33. The van der Waals surface area contributed by atoms with Crippen molar-refractivity contribution >= 4 is 10.8 Å². The van der Waals surface area contributed by atoms with Crippen LogP contribution < -0.4 is 4.74 Å². The summed E-state index contributed by atoms with van der Waals surface area (Å²) >= 11 is 0. The summed E-state index contributed by atoms with van der Waals surface area (Å²) in [6.45, 7) is 5.02. The first-order chi connectivity index (χ1) is 10.0. The van der Waals surface area contributed by atoms with Crippen molar-refractivity contribution in [3.63, 3.8) is 0 Å². The topological polar surface area (TPSA) is 45.9 Å². The van der Waals surface area contributed by atoms with Gasteiger partial charge in [-0.05, 0) is 29.0 Å². The normalized spacial score (nSPS) is 10.2. The molecule has 0 atom stereocenters. The van der Waals surface area contributed by atoms with Crippen LogP contribution in [0.25, 0.3) is 10.8 Å². The van der Waals surface area contributed by atoms with E-state index >= 15 is 0 Å². The molecule has 0 N–H and O–H groups in total. The van der Waals surface area contributed by atoms with Crippen molar-refractivity contribution < 1.29 is 13.5 Å². The zero-order valence-corrected chi connectivity index (χ0v) is 12.5. The average Bonchev–Trinajstić information content (AvgIpc) is 2.47. The predicted molar refractivity (Wildman–Crippen MR) is 78.5 cm³/mol. The third kappa shape index (κ3) is 3.66. The lowest BCUT2D eigenvalue weighted by atomic mass is 9.94. The van der Waals surface area contributed by atoms with Crippen LogP contribution in [-0.2, 0) is 0 Å². The van der Waals surface area contributed by atoms with Crippen LogP contribution in [0.3, 0.4) is 0 Å². The van der Waals surface area contributed by atoms with E-state index in [9.17, 15) is 8.78 Å². The van der Waals surface area contributed by atoms with Crippen LogP contribution in [0.15, 0.2) is 24.4 Å². The number of alkyl halides is 2. The average molecular weight is 292 g/mol. The van der Waals surface area contributed by atoms with Gasteiger partial charge in [-0.2, -0.15) is 14.0 Å². The first kappa shape index (κ1) is 16.8. The maximum atomic E-state index is 12.4. The summed E-state index contributed by atoms with van der Waals surface area (Å²) < 4.78 is 29.2. The lowest BCUT2D eigenvalue weighted by Gasteiger charge is -2.13. The van der Waals surface area contributed by atoms with Crippen molar-refractivity contribution in [1.82, 2.24) is 4.98 Å². The molecule has 0 saturated carbocycles. The summed E-state index contributed by atoms with van der Waals surface area (Å²) in [5, 5.41) is 10.2. The Balaban J connectivity index is 0.00000106. The first-order valence-electron chi connectivity index (χ1n) is 6.81. The SMILES string of the molecule is CC.CC(C)c1ccc(C#N)c2c(OC(F)F)nccc12. The molecule has 0 radical (unpaired) electrons. The third-order valence-electron chi connectivity index (χ3n) is 2.87. The second-order valence-corrected chi connectivity index (χ2v) is 4.39. The van der Waals surface area contributed by atoms with Crippen molar-refractivity contribution in [3.05, 3.63) is 35.5 Å². The van der Waals surface area contributed by atoms with E-state index in [2.05, 4.69) is 9.72 Å². The number of halogens is 2. The van der Waals surface area contributed by atoms with E-state index in [0.717, 1.165) is 10.9 Å². The molecule has 0 saturated heterocycles. The minimum Gasteiger partial charge on any atom is -0.416 e. The van der Waals surface area contributed by atoms with Crippen LogP contribution in [0, 0.1) is 11.3 Å². The van der Waals surface area contributed by atoms with Gasteiger partial charge in [0.15, 0.2) is 0 Å². The van der Waals surface area contributed by atoms with Gasteiger partial charge in [0.05, 0.1) is 17.0 Å². The van der Waals surface area contributed by atoms with Gasteiger partial charge in [-0.3, -0.25) is 0 Å². The summed E-state index contributed by atoms with van der Waals surface area (Å²) in [7, 11) is 0.